The van der Waals surface area contributed by atoms with E-state index < -0.39 is 0 Å². The zero-order chi connectivity index (χ0) is 11.1. The molecule has 0 atom stereocenters. The maximum Gasteiger partial charge on any atom is 0.0693 e. The number of nitrogens with zero attached hydrogens (tertiary/aromatic N) is 4. The molecule has 1 aliphatic heterocycles. The average molecular weight is 239 g/mol. The van der Waals surface area contributed by atoms with Crippen LogP contribution in [0.2, 0.25) is 0 Å². The Labute approximate surface area is 101 Å². The van der Waals surface area contributed by atoms with Crippen LogP contribution in [-0.2, 0) is 6.54 Å². The number of hydrogen-bond acceptors (Lipinski definition) is 4. The van der Waals surface area contributed by atoms with Crippen molar-refractivity contribution in [1.82, 2.24) is 19.9 Å². The zero-order valence-corrected chi connectivity index (χ0v) is 10.4. The highest BCUT2D eigenvalue weighted by Crippen LogP contribution is 2.09. The second kappa shape index (κ2) is 6.91. The molecule has 1 aromatic heterocycles. The van der Waals surface area contributed by atoms with Gasteiger partial charge in [-0.1, -0.05) is 0 Å². The van der Waals surface area contributed by atoms with E-state index in [1.165, 1.54) is 24.6 Å². The standard InChI is InChI=1S/C11H19N4S/c1(3-7-15-12-4-5-13-15)2-6-14-8-10-16-11-9-14/h2,4-5H,1,3,6-11H2. The Kier molecular flexibility index (Phi) is 5.15. The molecule has 16 heavy (non-hydrogen) atoms. The van der Waals surface area contributed by atoms with Crippen molar-refractivity contribution in [3.8, 4) is 0 Å². The molecule has 5 heteroatoms. The van der Waals surface area contributed by atoms with E-state index in [-0.39, 0.29) is 0 Å². The van der Waals surface area contributed by atoms with Crippen LogP contribution in [0.25, 0.3) is 0 Å². The predicted molar refractivity (Wildman–Crippen MR) is 67.3 cm³/mol. The third kappa shape index (κ3) is 4.14. The van der Waals surface area contributed by atoms with Crippen molar-refractivity contribution >= 4 is 11.8 Å². The minimum Gasteiger partial charge on any atom is -0.301 e. The van der Waals surface area contributed by atoms with E-state index in [1.54, 1.807) is 17.2 Å². The summed E-state index contributed by atoms with van der Waals surface area (Å²) < 4.78 is 0. The number of rotatable bonds is 6. The molecule has 0 N–H and O–H groups in total. The minimum atomic E-state index is 0.930. The van der Waals surface area contributed by atoms with E-state index in [2.05, 4.69) is 33.3 Å². The monoisotopic (exact) mass is 239 g/mol. The molecule has 1 radical (unpaired) electrons. The molecule has 0 aromatic carbocycles. The molecule has 4 nitrogen and oxygen atoms in total. The number of thioether (sulfide) groups is 1. The summed E-state index contributed by atoms with van der Waals surface area (Å²) in [7, 11) is 0. The first-order valence-electron chi connectivity index (χ1n) is 5.91. The molecule has 0 saturated carbocycles. The van der Waals surface area contributed by atoms with Crippen LogP contribution in [0.5, 0.6) is 0 Å². The first-order chi connectivity index (χ1) is 7.95. The number of aromatic nitrogens is 3. The average Bonchev–Trinajstić information content (AvgIpc) is 2.83. The molecule has 89 valence electrons. The maximum absolute atomic E-state index is 4.08. The summed E-state index contributed by atoms with van der Waals surface area (Å²) in [6.45, 7) is 4.58. The van der Waals surface area contributed by atoms with Crippen molar-refractivity contribution in [2.45, 2.75) is 19.4 Å². The lowest BCUT2D eigenvalue weighted by atomic mass is 10.2. The highest BCUT2D eigenvalue weighted by Gasteiger charge is 2.08. The largest absolute Gasteiger partial charge is 0.301 e. The van der Waals surface area contributed by atoms with Crippen molar-refractivity contribution in [2.75, 3.05) is 31.1 Å². The zero-order valence-electron chi connectivity index (χ0n) is 9.59. The second-order valence-corrected chi connectivity index (χ2v) is 5.19. The first kappa shape index (κ1) is 11.9. The van der Waals surface area contributed by atoms with Crippen LogP contribution in [0.3, 0.4) is 0 Å². The lowest BCUT2D eigenvalue weighted by molar-refractivity contribution is 0.321. The van der Waals surface area contributed by atoms with E-state index in [1.807, 2.05) is 0 Å². The predicted octanol–water partition coefficient (Wildman–Crippen LogP) is 1.31. The Morgan fingerprint density at radius 2 is 1.94 bits per heavy atom. The van der Waals surface area contributed by atoms with Crippen LogP contribution in [0.15, 0.2) is 12.4 Å². The molecular formula is C11H19N4S. The highest BCUT2D eigenvalue weighted by molar-refractivity contribution is 7.99. The summed E-state index contributed by atoms with van der Waals surface area (Å²) in [5.41, 5.74) is 0. The Morgan fingerprint density at radius 1 is 1.19 bits per heavy atom. The molecule has 1 aromatic rings. The van der Waals surface area contributed by atoms with Crippen molar-refractivity contribution < 1.29 is 0 Å². The molecule has 1 aliphatic rings. The van der Waals surface area contributed by atoms with Crippen LogP contribution in [-0.4, -0.2) is 51.0 Å². The highest BCUT2D eigenvalue weighted by atomic mass is 32.2. The van der Waals surface area contributed by atoms with Gasteiger partial charge in [0.15, 0.2) is 0 Å². The fourth-order valence-corrected chi connectivity index (χ4v) is 2.77. The van der Waals surface area contributed by atoms with E-state index in [9.17, 15) is 0 Å². The summed E-state index contributed by atoms with van der Waals surface area (Å²) in [6, 6.07) is 0. The molecule has 0 unspecified atom stereocenters. The van der Waals surface area contributed by atoms with Crippen molar-refractivity contribution in [3.05, 3.63) is 18.8 Å². The number of aryl methyl sites for hydroxylation is 1. The van der Waals surface area contributed by atoms with Gasteiger partial charge in [-0.3, -0.25) is 0 Å². The molecule has 0 bridgehead atoms. The van der Waals surface area contributed by atoms with Gasteiger partial charge in [0.2, 0.25) is 0 Å². The Morgan fingerprint density at radius 3 is 2.69 bits per heavy atom. The van der Waals surface area contributed by atoms with E-state index in [0.29, 0.717) is 0 Å². The van der Waals surface area contributed by atoms with Crippen molar-refractivity contribution in [1.29, 1.82) is 0 Å². The quantitative estimate of drug-likeness (QED) is 0.701. The molecule has 2 rings (SSSR count). The molecule has 2 heterocycles. The number of hydrogen-bond donors (Lipinski definition) is 0. The lowest BCUT2D eigenvalue weighted by Gasteiger charge is -2.25. The molecule has 0 aliphatic carbocycles. The van der Waals surface area contributed by atoms with E-state index >= 15 is 0 Å². The normalized spacial score (nSPS) is 17.8. The van der Waals surface area contributed by atoms with Crippen molar-refractivity contribution in [2.24, 2.45) is 0 Å². The van der Waals surface area contributed by atoms with E-state index in [4.69, 9.17) is 0 Å². The van der Waals surface area contributed by atoms with Gasteiger partial charge >= 0.3 is 0 Å². The minimum absolute atomic E-state index is 0.930. The van der Waals surface area contributed by atoms with Gasteiger partial charge in [0.05, 0.1) is 18.9 Å². The Bertz CT molecular complexity index is 270. The van der Waals surface area contributed by atoms with Gasteiger partial charge in [0.25, 0.3) is 0 Å². The first-order valence-corrected chi connectivity index (χ1v) is 7.06. The van der Waals surface area contributed by atoms with Gasteiger partial charge in [-0.05, 0) is 19.3 Å². The van der Waals surface area contributed by atoms with Crippen LogP contribution in [0.1, 0.15) is 12.8 Å². The fourth-order valence-electron chi connectivity index (χ4n) is 1.79. The lowest BCUT2D eigenvalue weighted by Crippen LogP contribution is -2.33. The summed E-state index contributed by atoms with van der Waals surface area (Å²) in [6.07, 6.45) is 8.15. The van der Waals surface area contributed by atoms with Gasteiger partial charge in [0.1, 0.15) is 0 Å². The summed E-state index contributed by atoms with van der Waals surface area (Å²) in [4.78, 5) is 4.29. The molecular weight excluding hydrogens is 220 g/mol. The molecule has 1 saturated heterocycles. The van der Waals surface area contributed by atoms with E-state index in [0.717, 1.165) is 25.9 Å². The van der Waals surface area contributed by atoms with Crippen LogP contribution < -0.4 is 0 Å². The van der Waals surface area contributed by atoms with Crippen molar-refractivity contribution in [3.63, 3.8) is 0 Å². The Balaban J connectivity index is 1.48. The van der Waals surface area contributed by atoms with Gasteiger partial charge in [-0.15, -0.1) is 0 Å². The summed E-state index contributed by atoms with van der Waals surface area (Å²) in [5.74, 6) is 2.59. The topological polar surface area (TPSA) is 34.0 Å². The third-order valence-corrected chi connectivity index (χ3v) is 3.67. The summed E-state index contributed by atoms with van der Waals surface area (Å²) >= 11 is 2.07. The third-order valence-electron chi connectivity index (χ3n) is 2.72. The van der Waals surface area contributed by atoms with Crippen LogP contribution >= 0.6 is 11.8 Å². The van der Waals surface area contributed by atoms with Crippen LogP contribution in [0.4, 0.5) is 0 Å². The van der Waals surface area contributed by atoms with Gasteiger partial charge < -0.3 is 4.90 Å². The Hall–Kier alpha value is -0.550. The number of unbranched alkanes of at least 4 members (excludes halogenated alkanes) is 2. The molecule has 1 fully saturated rings. The molecule has 0 amide bonds. The fraction of sp³-hybridized carbons (Fsp3) is 0.727. The molecule has 0 spiro atoms. The van der Waals surface area contributed by atoms with Gasteiger partial charge in [0, 0.05) is 31.1 Å². The summed E-state index contributed by atoms with van der Waals surface area (Å²) in [5, 5.41) is 8.16. The van der Waals surface area contributed by atoms with Gasteiger partial charge in [-0.25, -0.2) is 0 Å². The SMILES string of the molecule is [CH](CCCn1nccn1)CN1CCSCC1. The maximum atomic E-state index is 4.08. The van der Waals surface area contributed by atoms with Gasteiger partial charge in [-0.2, -0.15) is 26.8 Å². The smallest absolute Gasteiger partial charge is 0.0693 e. The second-order valence-electron chi connectivity index (χ2n) is 3.97. The van der Waals surface area contributed by atoms with Crippen LogP contribution in [0, 0.1) is 6.42 Å².